The van der Waals surface area contributed by atoms with Crippen molar-refractivity contribution in [2.45, 2.75) is 6.18 Å². The Morgan fingerprint density at radius 2 is 2.22 bits per heavy atom. The molecule has 0 amide bonds. The van der Waals surface area contributed by atoms with Gasteiger partial charge in [0, 0.05) is 13.1 Å². The summed E-state index contributed by atoms with van der Waals surface area (Å²) in [5, 5.41) is 4.90. The van der Waals surface area contributed by atoms with Crippen molar-refractivity contribution in [3.63, 3.8) is 0 Å². The molecule has 96 valence electrons. The SMILES string of the molecule is Cn1nc(C(F)(F)F)cc1OC(=O)c1cccs1. The van der Waals surface area contributed by atoms with E-state index in [-0.39, 0.29) is 5.88 Å². The number of halogens is 3. The number of ether oxygens (including phenoxy) is 1. The minimum atomic E-state index is -4.56. The first-order chi connectivity index (χ1) is 8.38. The second kappa shape index (κ2) is 4.45. The number of esters is 1. The van der Waals surface area contributed by atoms with Crippen molar-refractivity contribution < 1.29 is 22.7 Å². The molecule has 0 spiro atoms. The molecule has 0 radical (unpaired) electrons. The van der Waals surface area contributed by atoms with E-state index >= 15 is 0 Å². The Balaban J connectivity index is 2.20. The molecule has 0 unspecified atom stereocenters. The highest BCUT2D eigenvalue weighted by atomic mass is 32.1. The summed E-state index contributed by atoms with van der Waals surface area (Å²) in [6, 6.07) is 3.85. The largest absolute Gasteiger partial charge is 0.435 e. The molecule has 0 atom stereocenters. The maximum Gasteiger partial charge on any atom is 0.435 e. The lowest BCUT2D eigenvalue weighted by molar-refractivity contribution is -0.141. The van der Waals surface area contributed by atoms with Crippen LogP contribution in [0.25, 0.3) is 0 Å². The van der Waals surface area contributed by atoms with Gasteiger partial charge in [0.1, 0.15) is 4.88 Å². The number of hydrogen-bond acceptors (Lipinski definition) is 4. The molecule has 0 saturated heterocycles. The van der Waals surface area contributed by atoms with E-state index in [0.717, 1.165) is 16.0 Å². The summed E-state index contributed by atoms with van der Waals surface area (Å²) in [6.07, 6.45) is -4.56. The summed E-state index contributed by atoms with van der Waals surface area (Å²) in [4.78, 5) is 11.9. The Labute approximate surface area is 104 Å². The van der Waals surface area contributed by atoms with Crippen LogP contribution < -0.4 is 4.74 Å². The van der Waals surface area contributed by atoms with E-state index in [1.807, 2.05) is 0 Å². The summed E-state index contributed by atoms with van der Waals surface area (Å²) in [5.41, 5.74) is -1.10. The number of hydrogen-bond donors (Lipinski definition) is 0. The molecule has 0 aliphatic carbocycles. The lowest BCUT2D eigenvalue weighted by Gasteiger charge is -2.01. The molecule has 0 fully saturated rings. The number of aryl methyl sites for hydroxylation is 1. The second-order valence-corrected chi connectivity index (χ2v) is 4.30. The van der Waals surface area contributed by atoms with Crippen LogP contribution >= 0.6 is 11.3 Å². The smallest absolute Gasteiger partial charge is 0.404 e. The molecule has 2 heterocycles. The molecule has 0 aliphatic rings. The summed E-state index contributed by atoms with van der Waals surface area (Å²) in [6.45, 7) is 0. The molecule has 8 heteroatoms. The number of carbonyl (C=O) groups is 1. The number of alkyl halides is 3. The Hall–Kier alpha value is -1.83. The fraction of sp³-hybridized carbons (Fsp3) is 0.200. The van der Waals surface area contributed by atoms with Gasteiger partial charge >= 0.3 is 12.1 Å². The van der Waals surface area contributed by atoms with Gasteiger partial charge in [0.15, 0.2) is 5.69 Å². The topological polar surface area (TPSA) is 44.1 Å². The van der Waals surface area contributed by atoms with Crippen LogP contribution in [0.5, 0.6) is 5.88 Å². The minimum Gasteiger partial charge on any atom is -0.404 e. The third-order valence-corrected chi connectivity index (χ3v) is 2.90. The highest BCUT2D eigenvalue weighted by molar-refractivity contribution is 7.12. The van der Waals surface area contributed by atoms with Gasteiger partial charge in [-0.2, -0.15) is 18.3 Å². The molecule has 2 aromatic rings. The van der Waals surface area contributed by atoms with Crippen molar-refractivity contribution in [1.82, 2.24) is 9.78 Å². The average Bonchev–Trinajstić information content (AvgIpc) is 2.87. The van der Waals surface area contributed by atoms with E-state index < -0.39 is 17.8 Å². The first-order valence-electron chi connectivity index (χ1n) is 4.75. The van der Waals surface area contributed by atoms with Crippen molar-refractivity contribution in [2.24, 2.45) is 7.05 Å². The van der Waals surface area contributed by atoms with Crippen LogP contribution in [0, 0.1) is 0 Å². The molecule has 0 aromatic carbocycles. The van der Waals surface area contributed by atoms with Crippen molar-refractivity contribution in [2.75, 3.05) is 0 Å². The van der Waals surface area contributed by atoms with Gasteiger partial charge in [0.25, 0.3) is 0 Å². The molecule has 2 rings (SSSR count). The molecular formula is C10H7F3N2O2S. The van der Waals surface area contributed by atoms with Gasteiger partial charge in [0.05, 0.1) is 0 Å². The predicted molar refractivity (Wildman–Crippen MR) is 57.5 cm³/mol. The average molecular weight is 276 g/mol. The number of carbonyl (C=O) groups excluding carboxylic acids is 1. The van der Waals surface area contributed by atoms with E-state index in [1.165, 1.54) is 13.1 Å². The summed E-state index contributed by atoms with van der Waals surface area (Å²) in [7, 11) is 1.27. The fourth-order valence-electron chi connectivity index (χ4n) is 1.22. The van der Waals surface area contributed by atoms with Crippen molar-refractivity contribution in [3.05, 3.63) is 34.2 Å². The van der Waals surface area contributed by atoms with Crippen LogP contribution in [0.4, 0.5) is 13.2 Å². The molecule has 0 aliphatic heterocycles. The monoisotopic (exact) mass is 276 g/mol. The minimum absolute atomic E-state index is 0.249. The van der Waals surface area contributed by atoms with Crippen LogP contribution in [-0.4, -0.2) is 15.7 Å². The van der Waals surface area contributed by atoms with Gasteiger partial charge in [-0.3, -0.25) is 0 Å². The van der Waals surface area contributed by atoms with Crippen LogP contribution in [0.3, 0.4) is 0 Å². The van der Waals surface area contributed by atoms with Crippen molar-refractivity contribution in [3.8, 4) is 5.88 Å². The highest BCUT2D eigenvalue weighted by Gasteiger charge is 2.35. The van der Waals surface area contributed by atoms with Gasteiger partial charge in [-0.15, -0.1) is 11.3 Å². The molecule has 4 nitrogen and oxygen atoms in total. The van der Waals surface area contributed by atoms with E-state index in [4.69, 9.17) is 4.74 Å². The number of thiophene rings is 1. The zero-order valence-corrected chi connectivity index (χ0v) is 9.88. The maximum atomic E-state index is 12.4. The quantitative estimate of drug-likeness (QED) is 0.792. The standard InChI is InChI=1S/C10H7F3N2O2S/c1-15-8(5-7(14-15)10(11,12)13)17-9(16)6-3-2-4-18-6/h2-5H,1H3. The molecule has 0 N–H and O–H groups in total. The third-order valence-electron chi connectivity index (χ3n) is 2.05. The maximum absolute atomic E-state index is 12.4. The Bertz CT molecular complexity index is 560. The molecule has 18 heavy (non-hydrogen) atoms. The fourth-order valence-corrected chi connectivity index (χ4v) is 1.82. The predicted octanol–water partition coefficient (Wildman–Crippen LogP) is 2.72. The van der Waals surface area contributed by atoms with Crippen LogP contribution in [0.2, 0.25) is 0 Å². The zero-order chi connectivity index (χ0) is 13.3. The van der Waals surface area contributed by atoms with Gasteiger partial charge in [-0.25, -0.2) is 9.48 Å². The van der Waals surface area contributed by atoms with Gasteiger partial charge in [-0.1, -0.05) is 6.07 Å². The normalized spacial score (nSPS) is 11.6. The Morgan fingerprint density at radius 1 is 1.50 bits per heavy atom. The first-order valence-corrected chi connectivity index (χ1v) is 5.63. The molecular weight excluding hydrogens is 269 g/mol. The van der Waals surface area contributed by atoms with E-state index in [2.05, 4.69) is 5.10 Å². The van der Waals surface area contributed by atoms with E-state index in [9.17, 15) is 18.0 Å². The van der Waals surface area contributed by atoms with Gasteiger partial charge in [-0.05, 0) is 11.4 Å². The van der Waals surface area contributed by atoms with Crippen LogP contribution in [0.1, 0.15) is 15.4 Å². The van der Waals surface area contributed by atoms with E-state index in [1.54, 1.807) is 11.4 Å². The lowest BCUT2D eigenvalue weighted by Crippen LogP contribution is -2.09. The molecule has 0 saturated carbocycles. The van der Waals surface area contributed by atoms with Crippen molar-refractivity contribution >= 4 is 17.3 Å². The first kappa shape index (κ1) is 12.6. The summed E-state index contributed by atoms with van der Waals surface area (Å²) in [5.74, 6) is -0.956. The van der Waals surface area contributed by atoms with Crippen LogP contribution in [0.15, 0.2) is 23.6 Å². The van der Waals surface area contributed by atoms with Gasteiger partial charge in [0.2, 0.25) is 5.88 Å². The number of aromatic nitrogens is 2. The lowest BCUT2D eigenvalue weighted by atomic mass is 10.4. The zero-order valence-electron chi connectivity index (χ0n) is 9.06. The second-order valence-electron chi connectivity index (χ2n) is 3.36. The summed E-state index contributed by atoms with van der Waals surface area (Å²) >= 11 is 1.14. The summed E-state index contributed by atoms with van der Waals surface area (Å²) < 4.78 is 42.8. The third kappa shape index (κ3) is 2.53. The highest BCUT2D eigenvalue weighted by Crippen LogP contribution is 2.30. The van der Waals surface area contributed by atoms with Crippen LogP contribution in [-0.2, 0) is 13.2 Å². The van der Waals surface area contributed by atoms with E-state index in [0.29, 0.717) is 10.9 Å². The Morgan fingerprint density at radius 3 is 2.72 bits per heavy atom. The molecule has 2 aromatic heterocycles. The Kier molecular flexibility index (Phi) is 3.12. The van der Waals surface area contributed by atoms with Crippen molar-refractivity contribution in [1.29, 1.82) is 0 Å². The van der Waals surface area contributed by atoms with Gasteiger partial charge < -0.3 is 4.74 Å². The number of nitrogens with zero attached hydrogens (tertiary/aromatic N) is 2. The number of rotatable bonds is 2. The molecule has 0 bridgehead atoms.